The maximum atomic E-state index is 9.82. The second-order valence-corrected chi connectivity index (χ2v) is 5.34. The van der Waals surface area contributed by atoms with Crippen molar-refractivity contribution < 1.29 is 5.11 Å². The first kappa shape index (κ1) is 13.5. The van der Waals surface area contributed by atoms with Gasteiger partial charge in [0.1, 0.15) is 11.6 Å². The van der Waals surface area contributed by atoms with Crippen molar-refractivity contribution in [2.45, 2.75) is 33.3 Å². The van der Waals surface area contributed by atoms with E-state index in [1.165, 1.54) is 0 Å². The highest BCUT2D eigenvalue weighted by Gasteiger charge is 2.16. The molecule has 1 unspecified atom stereocenters. The van der Waals surface area contributed by atoms with E-state index < -0.39 is 6.10 Å². The average molecular weight is 239 g/mol. The molecule has 1 aromatic rings. The molecule has 0 aliphatic heterocycles. The van der Waals surface area contributed by atoms with Gasteiger partial charge < -0.3 is 21.9 Å². The molecule has 0 fully saturated rings. The molecule has 0 aliphatic carbocycles. The Morgan fingerprint density at radius 3 is 2.53 bits per heavy atom. The van der Waals surface area contributed by atoms with E-state index in [1.54, 1.807) is 6.07 Å². The van der Waals surface area contributed by atoms with Gasteiger partial charge in [0.25, 0.3) is 0 Å². The molecule has 0 saturated carbocycles. The van der Waals surface area contributed by atoms with Gasteiger partial charge in [-0.2, -0.15) is 9.97 Å². The lowest BCUT2D eigenvalue weighted by atomic mass is 9.89. The highest BCUT2D eigenvalue weighted by atomic mass is 16.3. The Labute approximate surface area is 101 Å². The van der Waals surface area contributed by atoms with Crippen molar-refractivity contribution >= 4 is 17.6 Å². The average Bonchev–Trinajstić information content (AvgIpc) is 2.10. The van der Waals surface area contributed by atoms with E-state index in [0.29, 0.717) is 24.6 Å². The van der Waals surface area contributed by atoms with Gasteiger partial charge in [0.2, 0.25) is 5.95 Å². The van der Waals surface area contributed by atoms with Crippen LogP contribution in [0.25, 0.3) is 0 Å². The van der Waals surface area contributed by atoms with Crippen LogP contribution in [0.2, 0.25) is 0 Å². The van der Waals surface area contributed by atoms with Gasteiger partial charge >= 0.3 is 0 Å². The fraction of sp³-hybridized carbons (Fsp3) is 0.636. The molecule has 0 aliphatic rings. The first-order valence-corrected chi connectivity index (χ1v) is 5.58. The van der Waals surface area contributed by atoms with Crippen LogP contribution in [0.15, 0.2) is 6.07 Å². The summed E-state index contributed by atoms with van der Waals surface area (Å²) >= 11 is 0. The van der Waals surface area contributed by atoms with E-state index >= 15 is 0 Å². The number of nitrogens with zero attached hydrogens (tertiary/aromatic N) is 2. The Hall–Kier alpha value is -1.56. The third-order valence-electron chi connectivity index (χ3n) is 2.13. The SMILES string of the molecule is CC(C)(C)CC(O)CNc1cc(N)nc(N)n1. The number of aliphatic hydroxyl groups is 1. The fourth-order valence-electron chi connectivity index (χ4n) is 1.58. The topological polar surface area (TPSA) is 110 Å². The first-order valence-electron chi connectivity index (χ1n) is 5.58. The highest BCUT2D eigenvalue weighted by Crippen LogP contribution is 2.21. The minimum Gasteiger partial charge on any atom is -0.391 e. The van der Waals surface area contributed by atoms with Crippen molar-refractivity contribution in [2.75, 3.05) is 23.3 Å². The molecule has 0 aromatic carbocycles. The molecular weight excluding hydrogens is 218 g/mol. The maximum absolute atomic E-state index is 9.82. The first-order chi connectivity index (χ1) is 7.76. The zero-order valence-electron chi connectivity index (χ0n) is 10.6. The van der Waals surface area contributed by atoms with Crippen molar-refractivity contribution in [1.82, 2.24) is 9.97 Å². The van der Waals surface area contributed by atoms with E-state index in [4.69, 9.17) is 11.5 Å². The number of hydrogen-bond donors (Lipinski definition) is 4. The van der Waals surface area contributed by atoms with Gasteiger partial charge in [-0.3, -0.25) is 0 Å². The molecule has 17 heavy (non-hydrogen) atoms. The Bertz CT molecular complexity index is 354. The lowest BCUT2D eigenvalue weighted by Gasteiger charge is -2.22. The van der Waals surface area contributed by atoms with Crippen LogP contribution in [-0.4, -0.2) is 27.7 Å². The molecular formula is C11H21N5O. The number of hydrogen-bond acceptors (Lipinski definition) is 6. The number of rotatable bonds is 4. The van der Waals surface area contributed by atoms with Crippen LogP contribution in [0.4, 0.5) is 17.6 Å². The van der Waals surface area contributed by atoms with Crippen LogP contribution < -0.4 is 16.8 Å². The Balaban J connectivity index is 2.50. The normalized spacial score (nSPS) is 13.4. The fourth-order valence-corrected chi connectivity index (χ4v) is 1.58. The van der Waals surface area contributed by atoms with Crippen LogP contribution in [0.3, 0.4) is 0 Å². The third kappa shape index (κ3) is 5.35. The molecule has 0 saturated heterocycles. The number of nitrogen functional groups attached to an aromatic ring is 2. The van der Waals surface area contributed by atoms with Crippen molar-refractivity contribution in [2.24, 2.45) is 5.41 Å². The van der Waals surface area contributed by atoms with Gasteiger partial charge in [-0.25, -0.2) is 0 Å². The minimum atomic E-state index is -0.438. The highest BCUT2D eigenvalue weighted by molar-refractivity contribution is 5.48. The van der Waals surface area contributed by atoms with E-state index in [-0.39, 0.29) is 11.4 Å². The molecule has 1 atom stereocenters. The molecule has 6 N–H and O–H groups in total. The number of aliphatic hydroxyl groups excluding tert-OH is 1. The summed E-state index contributed by atoms with van der Waals surface area (Å²) in [5, 5.41) is 12.8. The minimum absolute atomic E-state index is 0.0881. The standard InChI is InChI=1S/C11H21N5O/c1-11(2,3)5-7(17)6-14-9-4-8(12)15-10(13)16-9/h4,7,17H,5-6H2,1-3H3,(H5,12,13,14,15,16). The van der Waals surface area contributed by atoms with Crippen LogP contribution in [-0.2, 0) is 0 Å². The van der Waals surface area contributed by atoms with E-state index in [0.717, 1.165) is 0 Å². The maximum Gasteiger partial charge on any atom is 0.223 e. The second kappa shape index (κ2) is 5.18. The van der Waals surface area contributed by atoms with E-state index in [1.807, 2.05) is 0 Å². The van der Waals surface area contributed by atoms with Crippen LogP contribution in [0.1, 0.15) is 27.2 Å². The zero-order chi connectivity index (χ0) is 13.1. The monoisotopic (exact) mass is 239 g/mol. The largest absolute Gasteiger partial charge is 0.391 e. The summed E-state index contributed by atoms with van der Waals surface area (Å²) in [6.45, 7) is 6.65. The van der Waals surface area contributed by atoms with Crippen LogP contribution in [0, 0.1) is 5.41 Å². The van der Waals surface area contributed by atoms with Gasteiger partial charge in [-0.15, -0.1) is 0 Å². The quantitative estimate of drug-likeness (QED) is 0.620. The Kier molecular flexibility index (Phi) is 4.11. The summed E-state index contributed by atoms with van der Waals surface area (Å²) in [5.41, 5.74) is 11.1. The van der Waals surface area contributed by atoms with Gasteiger partial charge in [0, 0.05) is 12.6 Å². The zero-order valence-corrected chi connectivity index (χ0v) is 10.6. The van der Waals surface area contributed by atoms with Gasteiger partial charge in [-0.05, 0) is 11.8 Å². The predicted octanol–water partition coefficient (Wildman–Crippen LogP) is 0.850. The number of aromatic nitrogens is 2. The van der Waals surface area contributed by atoms with Crippen LogP contribution in [0.5, 0.6) is 0 Å². The molecule has 0 bridgehead atoms. The smallest absolute Gasteiger partial charge is 0.223 e. The number of nitrogens with one attached hydrogen (secondary N) is 1. The molecule has 6 nitrogen and oxygen atoms in total. The van der Waals surface area contributed by atoms with E-state index in [9.17, 15) is 5.11 Å². The summed E-state index contributed by atoms with van der Waals surface area (Å²) in [4.78, 5) is 7.73. The Morgan fingerprint density at radius 2 is 2.00 bits per heavy atom. The molecule has 0 spiro atoms. The summed E-state index contributed by atoms with van der Waals surface area (Å²) < 4.78 is 0. The Morgan fingerprint density at radius 1 is 1.35 bits per heavy atom. The summed E-state index contributed by atoms with van der Waals surface area (Å²) in [5.74, 6) is 0.964. The predicted molar refractivity (Wildman–Crippen MR) is 69.4 cm³/mol. The summed E-state index contributed by atoms with van der Waals surface area (Å²) in [7, 11) is 0. The number of nitrogens with two attached hydrogens (primary N) is 2. The van der Waals surface area contributed by atoms with Crippen LogP contribution >= 0.6 is 0 Å². The summed E-state index contributed by atoms with van der Waals surface area (Å²) in [6.07, 6.45) is 0.267. The molecule has 1 aromatic heterocycles. The lowest BCUT2D eigenvalue weighted by molar-refractivity contribution is 0.132. The number of anilines is 3. The molecule has 96 valence electrons. The van der Waals surface area contributed by atoms with Gasteiger partial charge in [0.15, 0.2) is 0 Å². The van der Waals surface area contributed by atoms with Crippen molar-refractivity contribution in [1.29, 1.82) is 0 Å². The molecule has 1 heterocycles. The van der Waals surface area contributed by atoms with Crippen molar-refractivity contribution in [3.05, 3.63) is 6.07 Å². The van der Waals surface area contributed by atoms with Gasteiger partial charge in [-0.1, -0.05) is 20.8 Å². The third-order valence-corrected chi connectivity index (χ3v) is 2.13. The van der Waals surface area contributed by atoms with E-state index in [2.05, 4.69) is 36.1 Å². The summed E-state index contributed by atoms with van der Waals surface area (Å²) in [6, 6.07) is 1.58. The van der Waals surface area contributed by atoms with Crippen molar-refractivity contribution in [3.63, 3.8) is 0 Å². The molecule has 1 rings (SSSR count). The lowest BCUT2D eigenvalue weighted by Crippen LogP contribution is -2.25. The van der Waals surface area contributed by atoms with Crippen molar-refractivity contribution in [3.8, 4) is 0 Å². The molecule has 0 radical (unpaired) electrons. The second-order valence-electron chi connectivity index (χ2n) is 5.34. The molecule has 0 amide bonds. The van der Waals surface area contributed by atoms with Gasteiger partial charge in [0.05, 0.1) is 6.10 Å². The molecule has 6 heteroatoms.